The summed E-state index contributed by atoms with van der Waals surface area (Å²) in [5, 5.41) is -10.2. The van der Waals surface area contributed by atoms with Gasteiger partial charge in [0.2, 0.25) is 0 Å². The first-order valence-electron chi connectivity index (χ1n) is 5.68. The maximum atomic E-state index is 12.5. The fraction of sp³-hybridized carbons (Fsp3) is 0.778. The maximum absolute atomic E-state index is 12.5. The summed E-state index contributed by atoms with van der Waals surface area (Å²) in [7, 11) is -7.20. The van der Waals surface area contributed by atoms with Crippen LogP contribution in [0.5, 0.6) is 0 Å². The van der Waals surface area contributed by atoms with E-state index in [1.807, 2.05) is 0 Å². The first kappa shape index (κ1) is 26.8. The van der Waals surface area contributed by atoms with E-state index in [2.05, 4.69) is 0 Å². The van der Waals surface area contributed by atoms with E-state index in [4.69, 9.17) is 0 Å². The summed E-state index contributed by atoms with van der Waals surface area (Å²) in [6.07, 6.45) is -44.5. The first-order chi connectivity index (χ1) is 11.7. The second-order valence-electron chi connectivity index (χ2n) is 4.54. The predicted molar refractivity (Wildman–Crippen MR) is 57.1 cm³/mol. The highest BCUT2D eigenvalue weighted by Gasteiger charge is 2.66. The summed E-state index contributed by atoms with van der Waals surface area (Å²) < 4.78 is 225. The number of halogens is 18. The van der Waals surface area contributed by atoms with Gasteiger partial charge in [-0.15, -0.1) is 0 Å². The van der Waals surface area contributed by atoms with Gasteiger partial charge >= 0.3 is 37.1 Å². The highest BCUT2D eigenvalue weighted by Crippen LogP contribution is 2.53. The fourth-order valence-corrected chi connectivity index (χ4v) is 4.13. The molecule has 0 bridgehead atoms. The van der Waals surface area contributed by atoms with Crippen LogP contribution in [0.3, 0.4) is 0 Å². The van der Waals surface area contributed by atoms with Gasteiger partial charge in [0.1, 0.15) is 0 Å². The van der Waals surface area contributed by atoms with E-state index >= 15 is 0 Å². The lowest BCUT2D eigenvalue weighted by Crippen LogP contribution is -2.47. The molecule has 0 atom stereocenters. The van der Waals surface area contributed by atoms with Gasteiger partial charge < -0.3 is 0 Å². The van der Waals surface area contributed by atoms with Crippen LogP contribution >= 0.6 is 7.17 Å². The van der Waals surface area contributed by atoms with Crippen molar-refractivity contribution in [3.63, 3.8) is 0 Å². The van der Waals surface area contributed by atoms with Crippen LogP contribution in [0.25, 0.3) is 0 Å². The summed E-state index contributed by atoms with van der Waals surface area (Å²) in [5.41, 5.74) is -6.26. The molecule has 0 aliphatic heterocycles. The molecule has 0 aromatic rings. The van der Waals surface area contributed by atoms with Gasteiger partial charge in [0.15, 0.2) is 16.2 Å². The van der Waals surface area contributed by atoms with Crippen LogP contribution < -0.4 is 0 Å². The summed E-state index contributed by atoms with van der Waals surface area (Å²) in [5.74, 6) is 0. The highest BCUT2D eigenvalue weighted by atomic mass is 31.1. The third-order valence-corrected chi connectivity index (χ3v) is 5.51. The van der Waals surface area contributed by atoms with Crippen molar-refractivity contribution in [2.24, 2.45) is 0 Å². The summed E-state index contributed by atoms with van der Waals surface area (Å²) in [6, 6.07) is 0. The van der Waals surface area contributed by atoms with Crippen LogP contribution in [-0.2, 0) is 0 Å². The third-order valence-electron chi connectivity index (χ3n) is 2.43. The number of alkyl halides is 18. The van der Waals surface area contributed by atoms with Crippen molar-refractivity contribution < 1.29 is 79.0 Å². The molecular weight excluding hydrogens is 481 g/mol. The first-order valence-corrected chi connectivity index (χ1v) is 7.10. The van der Waals surface area contributed by atoms with Crippen LogP contribution in [0, 0.1) is 0 Å². The Hall–Kier alpha value is -1.22. The minimum Gasteiger partial charge on any atom is -0.170 e. The molecule has 168 valence electrons. The van der Waals surface area contributed by atoms with E-state index in [0.29, 0.717) is 0 Å². The molecule has 0 aliphatic rings. The van der Waals surface area contributed by atoms with Crippen molar-refractivity contribution in [1.29, 1.82) is 0 Å². The van der Waals surface area contributed by atoms with Crippen molar-refractivity contribution in [2.75, 3.05) is 0 Å². The summed E-state index contributed by atoms with van der Waals surface area (Å²) >= 11 is 0. The lowest BCUT2D eigenvalue weighted by Gasteiger charge is -2.28. The van der Waals surface area contributed by atoms with Crippen LogP contribution in [-0.4, -0.2) is 53.3 Å². The zero-order valence-electron chi connectivity index (χ0n) is 11.8. The molecule has 0 aromatic heterocycles. The molecule has 0 heterocycles. The molecule has 0 radical (unpaired) electrons. The smallest absolute Gasteiger partial charge is 0.170 e. The van der Waals surface area contributed by atoms with Crippen LogP contribution in [0.2, 0.25) is 0 Å². The standard InChI is InChI=1S/C9HF18P/c10-4(11,12)1(5(13,14)15)28(2(6(16,17)18)7(19,20)21)3(8(22,23)24)9(25,26)27/h1H. The van der Waals surface area contributed by atoms with Crippen molar-refractivity contribution in [1.82, 2.24) is 0 Å². The van der Waals surface area contributed by atoms with Gasteiger partial charge in [-0.1, -0.05) is 7.17 Å². The monoisotopic (exact) mass is 482 g/mol. The maximum Gasteiger partial charge on any atom is 0.424 e. The second kappa shape index (κ2) is 7.23. The van der Waals surface area contributed by atoms with Gasteiger partial charge in [0.25, 0.3) is 0 Å². The van der Waals surface area contributed by atoms with Crippen molar-refractivity contribution >= 4 is 17.8 Å². The van der Waals surface area contributed by atoms with Crippen molar-refractivity contribution in [2.45, 2.75) is 42.7 Å². The number of hydrogen-bond acceptors (Lipinski definition) is 0. The Morgan fingerprint density at radius 3 is 0.679 bits per heavy atom. The van der Waals surface area contributed by atoms with Crippen molar-refractivity contribution in [3.8, 4) is 0 Å². The Morgan fingerprint density at radius 2 is 0.571 bits per heavy atom. The van der Waals surface area contributed by atoms with Gasteiger partial charge in [-0.25, -0.2) is 0 Å². The van der Waals surface area contributed by atoms with Gasteiger partial charge in [0, 0.05) is 0 Å². The Labute approximate surface area is 141 Å². The summed E-state index contributed by atoms with van der Waals surface area (Å²) in [4.78, 5) is 0. The second-order valence-corrected chi connectivity index (χ2v) is 6.69. The van der Waals surface area contributed by atoms with Gasteiger partial charge in [-0.2, -0.15) is 79.0 Å². The Kier molecular flexibility index (Phi) is 6.92. The Morgan fingerprint density at radius 1 is 0.393 bits per heavy atom. The average Bonchev–Trinajstić information content (AvgIpc) is 2.13. The third kappa shape index (κ3) is 6.40. The number of hydrogen-bond donors (Lipinski definition) is 0. The van der Waals surface area contributed by atoms with E-state index in [1.54, 1.807) is 0 Å². The number of rotatable bonds is 1. The Bertz CT molecular complexity index is 562. The quantitative estimate of drug-likeness (QED) is 0.294. The predicted octanol–water partition coefficient (Wildman–Crippen LogP) is 6.56. The van der Waals surface area contributed by atoms with Crippen LogP contribution in [0.4, 0.5) is 79.0 Å². The normalized spacial score (nSPS) is 15.1. The van der Waals surface area contributed by atoms with E-state index in [1.165, 1.54) is 0 Å². The molecule has 0 nitrogen and oxygen atoms in total. The molecule has 0 N–H and O–H groups in total. The Balaban J connectivity index is 8.34. The molecule has 0 unspecified atom stereocenters. The molecule has 0 saturated heterocycles. The molecule has 28 heavy (non-hydrogen) atoms. The highest BCUT2D eigenvalue weighted by molar-refractivity contribution is 7.61. The fourth-order valence-electron chi connectivity index (χ4n) is 1.72. The molecular formula is C9HF18P. The zero-order chi connectivity index (χ0) is 23.3. The SMILES string of the molecule is FC(F)(F)C(=P(=C(C(F)(F)F)C(F)(F)F)C(C(F)(F)F)C(F)(F)F)C(F)(F)F. The minimum atomic E-state index is -7.44. The van der Waals surface area contributed by atoms with Crippen molar-refractivity contribution in [3.05, 3.63) is 0 Å². The lowest BCUT2D eigenvalue weighted by atomic mass is 10.4. The molecule has 0 spiro atoms. The largest absolute Gasteiger partial charge is 0.424 e. The molecule has 0 aliphatic carbocycles. The molecule has 0 fully saturated rings. The minimum absolute atomic E-state index is 5.10. The summed E-state index contributed by atoms with van der Waals surface area (Å²) in [6.45, 7) is 0. The van der Waals surface area contributed by atoms with E-state index in [9.17, 15) is 79.0 Å². The van der Waals surface area contributed by atoms with E-state index in [-0.39, 0.29) is 0 Å². The van der Waals surface area contributed by atoms with E-state index < -0.39 is 60.5 Å². The van der Waals surface area contributed by atoms with Crippen LogP contribution in [0.1, 0.15) is 0 Å². The topological polar surface area (TPSA) is 0 Å². The average molecular weight is 482 g/mol. The molecule has 0 rings (SSSR count). The molecule has 19 heteroatoms. The van der Waals surface area contributed by atoms with Crippen LogP contribution in [0.15, 0.2) is 0 Å². The van der Waals surface area contributed by atoms with E-state index in [0.717, 1.165) is 0 Å². The molecule has 0 saturated carbocycles. The zero-order valence-corrected chi connectivity index (χ0v) is 12.7. The van der Waals surface area contributed by atoms with Gasteiger partial charge in [0.05, 0.1) is 0 Å². The lowest BCUT2D eigenvalue weighted by molar-refractivity contribution is -0.224. The van der Waals surface area contributed by atoms with Gasteiger partial charge in [-0.3, -0.25) is 0 Å². The van der Waals surface area contributed by atoms with Gasteiger partial charge in [-0.05, 0) is 0 Å². The molecule has 0 amide bonds. The molecule has 0 aromatic carbocycles.